The van der Waals surface area contributed by atoms with Crippen LogP contribution in [0.2, 0.25) is 0 Å². The van der Waals surface area contributed by atoms with E-state index in [1.165, 1.54) is 24.5 Å². The van der Waals surface area contributed by atoms with Gasteiger partial charge in [-0.3, -0.25) is 4.68 Å². The zero-order chi connectivity index (χ0) is 14.8. The monoisotopic (exact) mass is 350 g/mol. The number of hydrogen-bond acceptors (Lipinski definition) is 4. The van der Waals surface area contributed by atoms with Crippen LogP contribution in [0.4, 0.5) is 18.9 Å². The van der Waals surface area contributed by atoms with Crippen molar-refractivity contribution in [2.75, 3.05) is 5.32 Å². The molecular formula is C11H10BrF3N4O. The van der Waals surface area contributed by atoms with Crippen molar-refractivity contribution in [3.8, 4) is 5.75 Å². The Labute approximate surface area is 120 Å². The fourth-order valence-corrected chi connectivity index (χ4v) is 1.94. The summed E-state index contributed by atoms with van der Waals surface area (Å²) in [5.74, 6) is 0.415. The van der Waals surface area contributed by atoms with Gasteiger partial charge in [-0.25, -0.2) is 4.98 Å². The van der Waals surface area contributed by atoms with E-state index in [2.05, 4.69) is 36.1 Å². The lowest BCUT2D eigenvalue weighted by atomic mass is 10.3. The largest absolute Gasteiger partial charge is 0.573 e. The van der Waals surface area contributed by atoms with Crippen LogP contribution in [0, 0.1) is 0 Å². The fraction of sp³-hybridized carbons (Fsp3) is 0.273. The number of anilines is 1. The minimum absolute atomic E-state index is 0.206. The third kappa shape index (κ3) is 3.86. The standard InChI is InChI=1S/C11H10BrF3N4O/c1-19-10(17-6-18-19)5-16-7-2-3-9(8(12)4-7)20-11(13,14)15/h2-4,6,16H,5H2,1H3. The third-order valence-electron chi connectivity index (χ3n) is 2.41. The van der Waals surface area contributed by atoms with Gasteiger partial charge in [0.2, 0.25) is 0 Å². The number of nitrogens with one attached hydrogen (secondary N) is 1. The Balaban J connectivity index is 2.04. The van der Waals surface area contributed by atoms with Crippen LogP contribution in [0.1, 0.15) is 5.82 Å². The highest BCUT2D eigenvalue weighted by atomic mass is 79.9. The fourth-order valence-electron chi connectivity index (χ4n) is 1.48. The summed E-state index contributed by atoms with van der Waals surface area (Å²) in [6.45, 7) is 0.405. The van der Waals surface area contributed by atoms with Crippen LogP contribution in [-0.2, 0) is 13.6 Å². The second-order valence-electron chi connectivity index (χ2n) is 3.85. The summed E-state index contributed by atoms with van der Waals surface area (Å²) in [5, 5.41) is 6.94. The number of nitrogens with zero attached hydrogens (tertiary/aromatic N) is 3. The molecule has 1 aromatic carbocycles. The van der Waals surface area contributed by atoms with E-state index in [4.69, 9.17) is 0 Å². The lowest BCUT2D eigenvalue weighted by molar-refractivity contribution is -0.274. The zero-order valence-corrected chi connectivity index (χ0v) is 11.9. The van der Waals surface area contributed by atoms with Crippen LogP contribution in [-0.4, -0.2) is 21.1 Å². The molecule has 5 nitrogen and oxygen atoms in total. The summed E-state index contributed by atoms with van der Waals surface area (Å²) >= 11 is 3.03. The maximum absolute atomic E-state index is 12.1. The number of halogens is 4. The molecular weight excluding hydrogens is 341 g/mol. The van der Waals surface area contributed by atoms with Crippen molar-refractivity contribution < 1.29 is 17.9 Å². The van der Waals surface area contributed by atoms with Gasteiger partial charge < -0.3 is 10.1 Å². The molecule has 0 fully saturated rings. The van der Waals surface area contributed by atoms with Gasteiger partial charge in [0.15, 0.2) is 0 Å². The molecule has 0 bridgehead atoms. The van der Waals surface area contributed by atoms with E-state index in [9.17, 15) is 13.2 Å². The van der Waals surface area contributed by atoms with Crippen LogP contribution in [0.25, 0.3) is 0 Å². The highest BCUT2D eigenvalue weighted by Gasteiger charge is 2.31. The van der Waals surface area contributed by atoms with Crippen LogP contribution in [0.3, 0.4) is 0 Å². The van der Waals surface area contributed by atoms with Crippen LogP contribution >= 0.6 is 15.9 Å². The minimum atomic E-state index is -4.71. The maximum atomic E-state index is 12.1. The van der Waals surface area contributed by atoms with E-state index >= 15 is 0 Å². The Kier molecular flexibility index (Phi) is 4.17. The van der Waals surface area contributed by atoms with Gasteiger partial charge in [0, 0.05) is 12.7 Å². The molecule has 0 unspecified atom stereocenters. The molecule has 108 valence electrons. The first kappa shape index (κ1) is 14.6. The molecule has 0 aliphatic rings. The normalized spacial score (nSPS) is 11.4. The SMILES string of the molecule is Cn1ncnc1CNc1ccc(OC(F)(F)F)c(Br)c1. The topological polar surface area (TPSA) is 52.0 Å². The van der Waals surface area contributed by atoms with E-state index in [1.807, 2.05) is 0 Å². The molecule has 2 aromatic rings. The number of rotatable bonds is 4. The maximum Gasteiger partial charge on any atom is 0.573 e. The van der Waals surface area contributed by atoms with Gasteiger partial charge in [-0.05, 0) is 34.1 Å². The molecule has 0 aliphatic heterocycles. The van der Waals surface area contributed by atoms with Crippen LogP contribution in [0.15, 0.2) is 29.0 Å². The van der Waals surface area contributed by atoms with E-state index in [1.54, 1.807) is 11.7 Å². The molecule has 1 aromatic heterocycles. The molecule has 20 heavy (non-hydrogen) atoms. The van der Waals surface area contributed by atoms with Gasteiger partial charge >= 0.3 is 6.36 Å². The Bertz CT molecular complexity index is 600. The van der Waals surface area contributed by atoms with Crippen molar-refractivity contribution in [2.45, 2.75) is 12.9 Å². The van der Waals surface area contributed by atoms with Crippen molar-refractivity contribution in [3.05, 3.63) is 34.8 Å². The highest BCUT2D eigenvalue weighted by Crippen LogP contribution is 2.32. The molecule has 0 spiro atoms. The Morgan fingerprint density at radius 1 is 1.40 bits per heavy atom. The van der Waals surface area contributed by atoms with Crippen LogP contribution < -0.4 is 10.1 Å². The van der Waals surface area contributed by atoms with E-state index in [-0.39, 0.29) is 10.2 Å². The van der Waals surface area contributed by atoms with Crippen molar-refractivity contribution in [2.24, 2.45) is 7.05 Å². The molecule has 1 N–H and O–H groups in total. The predicted octanol–water partition coefficient (Wildman–Crippen LogP) is 3.09. The van der Waals surface area contributed by atoms with Crippen LogP contribution in [0.5, 0.6) is 5.75 Å². The van der Waals surface area contributed by atoms with Crippen molar-refractivity contribution >= 4 is 21.6 Å². The van der Waals surface area contributed by atoms with Gasteiger partial charge in [-0.15, -0.1) is 13.2 Å². The van der Waals surface area contributed by atoms with Gasteiger partial charge in [0.1, 0.15) is 17.9 Å². The van der Waals surface area contributed by atoms with Gasteiger partial charge in [0.25, 0.3) is 0 Å². The number of aromatic nitrogens is 3. The molecule has 0 saturated carbocycles. The first-order valence-corrected chi connectivity index (χ1v) is 6.26. The number of alkyl halides is 3. The van der Waals surface area contributed by atoms with Gasteiger partial charge in [0.05, 0.1) is 11.0 Å². The van der Waals surface area contributed by atoms with Crippen molar-refractivity contribution in [3.63, 3.8) is 0 Å². The Morgan fingerprint density at radius 2 is 2.15 bits per heavy atom. The number of ether oxygens (including phenoxy) is 1. The van der Waals surface area contributed by atoms with E-state index < -0.39 is 6.36 Å². The number of hydrogen-bond donors (Lipinski definition) is 1. The lowest BCUT2D eigenvalue weighted by Crippen LogP contribution is -2.17. The van der Waals surface area contributed by atoms with Crippen molar-refractivity contribution in [1.82, 2.24) is 14.8 Å². The summed E-state index contributed by atoms with van der Waals surface area (Å²) in [7, 11) is 1.75. The van der Waals surface area contributed by atoms with Gasteiger partial charge in [-0.1, -0.05) is 0 Å². The average molecular weight is 351 g/mol. The smallest absolute Gasteiger partial charge is 0.405 e. The summed E-state index contributed by atoms with van der Waals surface area (Å²) in [4.78, 5) is 4.02. The molecule has 0 amide bonds. The average Bonchev–Trinajstić information content (AvgIpc) is 2.74. The molecule has 9 heteroatoms. The molecule has 2 rings (SSSR count). The molecule has 1 heterocycles. The number of aryl methyl sites for hydroxylation is 1. The molecule has 0 aliphatic carbocycles. The molecule has 0 saturated heterocycles. The first-order chi connectivity index (χ1) is 9.35. The first-order valence-electron chi connectivity index (χ1n) is 5.47. The lowest BCUT2D eigenvalue weighted by Gasteiger charge is -2.12. The summed E-state index contributed by atoms with van der Waals surface area (Å²) < 4.78 is 42.0. The second kappa shape index (κ2) is 5.70. The highest BCUT2D eigenvalue weighted by molar-refractivity contribution is 9.10. The summed E-state index contributed by atoms with van der Waals surface area (Å²) in [6, 6.07) is 4.22. The Hall–Kier alpha value is -1.77. The third-order valence-corrected chi connectivity index (χ3v) is 3.03. The minimum Gasteiger partial charge on any atom is -0.405 e. The second-order valence-corrected chi connectivity index (χ2v) is 4.70. The van der Waals surface area contributed by atoms with E-state index in [0.717, 1.165) is 0 Å². The summed E-state index contributed by atoms with van der Waals surface area (Å²) in [5.41, 5.74) is 0.634. The van der Waals surface area contributed by atoms with Gasteiger partial charge in [-0.2, -0.15) is 5.10 Å². The Morgan fingerprint density at radius 3 is 2.70 bits per heavy atom. The van der Waals surface area contributed by atoms with Crippen molar-refractivity contribution in [1.29, 1.82) is 0 Å². The molecule has 0 atom stereocenters. The molecule has 0 radical (unpaired) electrons. The predicted molar refractivity (Wildman–Crippen MR) is 69.2 cm³/mol. The summed E-state index contributed by atoms with van der Waals surface area (Å²) in [6.07, 6.45) is -3.29. The zero-order valence-electron chi connectivity index (χ0n) is 10.3. The van der Waals surface area contributed by atoms with E-state index in [0.29, 0.717) is 18.1 Å². The quantitative estimate of drug-likeness (QED) is 0.920. The number of benzene rings is 1.